The first kappa shape index (κ1) is 22.7. The Labute approximate surface area is 192 Å². The number of anilines is 1. The van der Waals surface area contributed by atoms with Crippen LogP contribution in [0.15, 0.2) is 28.9 Å². The Morgan fingerprint density at radius 1 is 1.21 bits per heavy atom. The molecule has 1 fully saturated rings. The molecule has 1 aliphatic rings. The molecule has 0 radical (unpaired) electrons. The molecule has 0 saturated heterocycles. The van der Waals surface area contributed by atoms with Crippen LogP contribution in [0.5, 0.6) is 0 Å². The molecule has 0 aromatic carbocycles. The molecule has 0 unspecified atom stereocenters. The number of nitrogens with two attached hydrogens (primary N) is 1. The molecule has 2 amide bonds. The normalized spacial score (nSPS) is 19.3. The van der Waals surface area contributed by atoms with Gasteiger partial charge in [0.15, 0.2) is 0 Å². The fraction of sp³-hybridized carbons (Fsp3) is 0.458. The number of rotatable bonds is 6. The van der Waals surface area contributed by atoms with E-state index in [2.05, 4.69) is 27.5 Å². The Morgan fingerprint density at radius 2 is 1.94 bits per heavy atom. The lowest BCUT2D eigenvalue weighted by molar-refractivity contribution is -0.119. The predicted molar refractivity (Wildman–Crippen MR) is 123 cm³/mol. The molecule has 1 saturated carbocycles. The van der Waals surface area contributed by atoms with Gasteiger partial charge in [0.2, 0.25) is 5.91 Å². The van der Waals surface area contributed by atoms with Crippen molar-refractivity contribution in [2.45, 2.75) is 52.4 Å². The highest BCUT2D eigenvalue weighted by atomic mass is 16.5. The maximum absolute atomic E-state index is 13.5. The van der Waals surface area contributed by atoms with E-state index >= 15 is 0 Å². The number of primary amides is 1. The average molecular weight is 451 g/mol. The number of pyridine rings is 1. The van der Waals surface area contributed by atoms with Crippen LogP contribution in [-0.2, 0) is 11.8 Å². The van der Waals surface area contributed by atoms with E-state index in [1.165, 1.54) is 4.68 Å². The molecule has 4 rings (SSSR count). The van der Waals surface area contributed by atoms with Gasteiger partial charge in [0, 0.05) is 7.05 Å². The van der Waals surface area contributed by atoms with Crippen LogP contribution in [0.3, 0.4) is 0 Å². The quantitative estimate of drug-likeness (QED) is 0.589. The summed E-state index contributed by atoms with van der Waals surface area (Å²) in [5.41, 5.74) is 9.29. The molecule has 174 valence electrons. The van der Waals surface area contributed by atoms with Crippen molar-refractivity contribution in [3.05, 3.63) is 47.2 Å². The van der Waals surface area contributed by atoms with Gasteiger partial charge in [0.25, 0.3) is 5.91 Å². The minimum atomic E-state index is -0.563. The second kappa shape index (κ2) is 9.17. The first-order chi connectivity index (χ1) is 15.7. The van der Waals surface area contributed by atoms with Gasteiger partial charge in [0.1, 0.15) is 11.5 Å². The monoisotopic (exact) mass is 450 g/mol. The third-order valence-electron chi connectivity index (χ3n) is 6.60. The Balaban J connectivity index is 1.59. The molecule has 3 aromatic heterocycles. The third kappa shape index (κ3) is 4.67. The molecule has 33 heavy (non-hydrogen) atoms. The molecule has 1 aliphatic carbocycles. The highest BCUT2D eigenvalue weighted by Crippen LogP contribution is 2.38. The lowest BCUT2D eigenvalue weighted by atomic mass is 9.75. The molecule has 1 atom stereocenters. The Kier molecular flexibility index (Phi) is 6.31. The average Bonchev–Trinajstić information content (AvgIpc) is 3.32. The summed E-state index contributed by atoms with van der Waals surface area (Å²) in [5.74, 6) is 0.299. The van der Waals surface area contributed by atoms with Gasteiger partial charge in [-0.1, -0.05) is 24.9 Å². The Morgan fingerprint density at radius 3 is 2.48 bits per heavy atom. The number of aryl methyl sites for hydroxylation is 3. The smallest absolute Gasteiger partial charge is 0.266 e. The van der Waals surface area contributed by atoms with E-state index in [1.54, 1.807) is 19.3 Å². The van der Waals surface area contributed by atoms with Crippen molar-refractivity contribution < 1.29 is 14.1 Å². The van der Waals surface area contributed by atoms with Crippen molar-refractivity contribution in [1.82, 2.24) is 19.9 Å². The van der Waals surface area contributed by atoms with Gasteiger partial charge in [-0.25, -0.2) is 0 Å². The van der Waals surface area contributed by atoms with Crippen molar-refractivity contribution in [2.24, 2.45) is 24.6 Å². The maximum atomic E-state index is 13.5. The van der Waals surface area contributed by atoms with Crippen LogP contribution in [0.4, 0.5) is 5.69 Å². The molecule has 3 heterocycles. The fourth-order valence-electron chi connectivity index (χ4n) is 4.77. The van der Waals surface area contributed by atoms with E-state index in [-0.39, 0.29) is 17.5 Å². The number of carbonyl (C=O) groups is 2. The number of nitrogens with zero attached hydrogens (tertiary/aromatic N) is 4. The molecule has 0 aliphatic heterocycles. The lowest BCUT2D eigenvalue weighted by Gasteiger charge is -2.31. The van der Waals surface area contributed by atoms with Crippen molar-refractivity contribution in [1.29, 1.82) is 0 Å². The number of hydrogen-bond donors (Lipinski definition) is 2. The van der Waals surface area contributed by atoms with Crippen molar-refractivity contribution in [3.8, 4) is 11.3 Å². The van der Waals surface area contributed by atoms with Crippen LogP contribution in [0.1, 0.15) is 66.2 Å². The van der Waals surface area contributed by atoms with Crippen LogP contribution in [0.25, 0.3) is 11.3 Å². The standard InChI is InChI=1S/C24H30N6O3/c1-13-5-7-16(8-6-13)22(19-11-20(23(25)31)30(4)28-19)24(32)27-17-9-10-18(26-12-17)21-14(2)29-33-15(21)3/h9-13,16,22H,5-8H2,1-4H3,(H2,25,31)(H,27,32)/t13?,16?,22-/m0/s1. The van der Waals surface area contributed by atoms with Gasteiger partial charge in [-0.05, 0) is 56.7 Å². The number of carbonyl (C=O) groups excluding carboxylic acids is 2. The minimum Gasteiger partial charge on any atom is -0.364 e. The van der Waals surface area contributed by atoms with Crippen LogP contribution < -0.4 is 11.1 Å². The van der Waals surface area contributed by atoms with Crippen molar-refractivity contribution >= 4 is 17.5 Å². The van der Waals surface area contributed by atoms with E-state index in [9.17, 15) is 9.59 Å². The molecular weight excluding hydrogens is 420 g/mol. The second-order valence-electron chi connectivity index (χ2n) is 9.06. The van der Waals surface area contributed by atoms with Gasteiger partial charge in [-0.3, -0.25) is 19.3 Å². The van der Waals surface area contributed by atoms with Crippen LogP contribution >= 0.6 is 0 Å². The summed E-state index contributed by atoms with van der Waals surface area (Å²) in [6, 6.07) is 5.30. The zero-order valence-electron chi connectivity index (χ0n) is 19.5. The van der Waals surface area contributed by atoms with Gasteiger partial charge >= 0.3 is 0 Å². The molecule has 0 spiro atoms. The molecule has 9 heteroatoms. The molecule has 3 N–H and O–H groups in total. The van der Waals surface area contributed by atoms with E-state index in [1.807, 2.05) is 26.0 Å². The molecule has 0 bridgehead atoms. The topological polar surface area (TPSA) is 129 Å². The second-order valence-corrected chi connectivity index (χ2v) is 9.06. The molecule has 3 aromatic rings. The summed E-state index contributed by atoms with van der Waals surface area (Å²) in [6.45, 7) is 5.95. The number of amides is 2. The number of hydrogen-bond acceptors (Lipinski definition) is 6. The third-order valence-corrected chi connectivity index (χ3v) is 6.60. The van der Waals surface area contributed by atoms with E-state index in [0.29, 0.717) is 23.1 Å². The van der Waals surface area contributed by atoms with Gasteiger partial charge in [0.05, 0.1) is 40.4 Å². The van der Waals surface area contributed by atoms with Crippen molar-refractivity contribution in [3.63, 3.8) is 0 Å². The van der Waals surface area contributed by atoms with Crippen LogP contribution in [0.2, 0.25) is 0 Å². The summed E-state index contributed by atoms with van der Waals surface area (Å²) in [5, 5.41) is 11.5. The van der Waals surface area contributed by atoms with Crippen molar-refractivity contribution in [2.75, 3.05) is 5.32 Å². The minimum absolute atomic E-state index is 0.145. The summed E-state index contributed by atoms with van der Waals surface area (Å²) in [4.78, 5) is 29.7. The SMILES string of the molecule is Cc1noc(C)c1-c1ccc(NC(=O)[C@H](c2cc(C(N)=O)n(C)n2)C2CCC(C)CC2)cn1. The number of nitrogens with one attached hydrogen (secondary N) is 1. The summed E-state index contributed by atoms with van der Waals surface area (Å²) in [6.07, 6.45) is 5.64. The predicted octanol–water partition coefficient (Wildman–Crippen LogP) is 3.73. The first-order valence-corrected chi connectivity index (χ1v) is 11.3. The maximum Gasteiger partial charge on any atom is 0.266 e. The Hall–Kier alpha value is -3.49. The highest BCUT2D eigenvalue weighted by Gasteiger charge is 2.35. The largest absolute Gasteiger partial charge is 0.364 e. The summed E-state index contributed by atoms with van der Waals surface area (Å²) >= 11 is 0. The first-order valence-electron chi connectivity index (χ1n) is 11.3. The molecular formula is C24H30N6O3. The van der Waals surface area contributed by atoms with Crippen LogP contribution in [-0.4, -0.2) is 31.7 Å². The van der Waals surface area contributed by atoms with Crippen LogP contribution in [0, 0.1) is 25.7 Å². The molecule has 9 nitrogen and oxygen atoms in total. The summed E-state index contributed by atoms with van der Waals surface area (Å²) in [7, 11) is 1.67. The van der Waals surface area contributed by atoms with Gasteiger partial charge < -0.3 is 15.6 Å². The lowest BCUT2D eigenvalue weighted by Crippen LogP contribution is -2.30. The summed E-state index contributed by atoms with van der Waals surface area (Å²) < 4.78 is 6.67. The van der Waals surface area contributed by atoms with E-state index in [0.717, 1.165) is 42.6 Å². The fourth-order valence-corrected chi connectivity index (χ4v) is 4.77. The zero-order valence-corrected chi connectivity index (χ0v) is 19.5. The van der Waals surface area contributed by atoms with Gasteiger partial charge in [-0.2, -0.15) is 5.10 Å². The highest BCUT2D eigenvalue weighted by molar-refractivity contribution is 5.97. The zero-order chi connectivity index (χ0) is 23.7. The Bertz CT molecular complexity index is 1140. The van der Waals surface area contributed by atoms with E-state index in [4.69, 9.17) is 10.3 Å². The number of aromatic nitrogens is 4. The van der Waals surface area contributed by atoms with E-state index < -0.39 is 11.8 Å². The van der Waals surface area contributed by atoms with Gasteiger partial charge in [-0.15, -0.1) is 0 Å².